The number of benzene rings is 6. The number of hydrogen-bond acceptors (Lipinski definition) is 0. The molecular weight excluding hydrogens is 444 g/mol. The van der Waals surface area contributed by atoms with E-state index in [4.69, 9.17) is 0 Å². The molecule has 0 heterocycles. The van der Waals surface area contributed by atoms with E-state index in [2.05, 4.69) is 110 Å². The van der Waals surface area contributed by atoms with Crippen LogP contribution in [0.5, 0.6) is 0 Å². The maximum absolute atomic E-state index is 2.35. The highest BCUT2D eigenvalue weighted by Crippen LogP contribution is 2.33. The van der Waals surface area contributed by atoms with Crippen molar-refractivity contribution in [2.45, 2.75) is 58.3 Å². The molecule has 0 amide bonds. The fourth-order valence-corrected chi connectivity index (χ4v) is 6.16. The number of rotatable bonds is 4. The minimum atomic E-state index is 1.20. The van der Waals surface area contributed by atoms with Gasteiger partial charge in [-0.1, -0.05) is 111 Å². The Morgan fingerprint density at radius 1 is 0.514 bits per heavy atom. The van der Waals surface area contributed by atoms with E-state index in [1.165, 1.54) is 100 Å². The van der Waals surface area contributed by atoms with Crippen LogP contribution in [0.1, 0.15) is 55.7 Å². The van der Waals surface area contributed by atoms with Gasteiger partial charge < -0.3 is 0 Å². The Morgan fingerprint density at radius 2 is 1.24 bits per heavy atom. The number of unbranched alkanes of at least 4 members (excludes halogenated alkanes) is 2. The normalized spacial score (nSPS) is 13.0. The van der Waals surface area contributed by atoms with Crippen molar-refractivity contribution in [3.8, 4) is 0 Å². The van der Waals surface area contributed by atoms with Gasteiger partial charge in [0.25, 0.3) is 0 Å². The quantitative estimate of drug-likeness (QED) is 0.134. The molecule has 0 bridgehead atoms. The van der Waals surface area contributed by atoms with Crippen LogP contribution in [0.3, 0.4) is 0 Å². The lowest BCUT2D eigenvalue weighted by atomic mass is 9.86. The van der Waals surface area contributed by atoms with Gasteiger partial charge >= 0.3 is 0 Å². The van der Waals surface area contributed by atoms with Gasteiger partial charge in [0.2, 0.25) is 0 Å². The van der Waals surface area contributed by atoms with Crippen LogP contribution in [-0.2, 0) is 19.3 Å². The van der Waals surface area contributed by atoms with E-state index in [-0.39, 0.29) is 0 Å². The molecule has 1 aliphatic rings. The number of fused-ring (bicyclic) bond motifs is 7. The van der Waals surface area contributed by atoms with Crippen LogP contribution < -0.4 is 0 Å². The summed E-state index contributed by atoms with van der Waals surface area (Å²) >= 11 is 0. The van der Waals surface area contributed by atoms with Crippen LogP contribution >= 0.6 is 0 Å². The molecule has 0 fully saturated rings. The third-order valence-electron chi connectivity index (χ3n) is 8.14. The molecule has 0 atom stereocenters. The molecule has 184 valence electrons. The first-order chi connectivity index (χ1) is 18.3. The van der Waals surface area contributed by atoms with E-state index in [0.29, 0.717) is 0 Å². The summed E-state index contributed by atoms with van der Waals surface area (Å²) in [6.07, 6.45) is 10.3. The molecule has 6 aromatic rings. The fourth-order valence-electron chi connectivity index (χ4n) is 6.16. The minimum absolute atomic E-state index is 1.20. The summed E-state index contributed by atoms with van der Waals surface area (Å²) in [4.78, 5) is 0. The molecule has 0 saturated carbocycles. The van der Waals surface area contributed by atoms with Gasteiger partial charge in [-0.25, -0.2) is 0 Å². The Bertz CT molecular complexity index is 1690. The standard InChI is InChI=1S/C19H20.C18H16/c1-2-3-4-8-15-11-7-12-18-13-16-9-5-6-10-17(16)14-19(15)18;1-3-7-15-13(5-1)9-11-18-16-8-4-2-6-14(16)10-12-17(15)18/h5-7,9-14H,2-4,8H2,1H3;1,3,5,7,9-12H,2,4,6,8H2. The van der Waals surface area contributed by atoms with E-state index >= 15 is 0 Å². The maximum Gasteiger partial charge on any atom is -0.0102 e. The van der Waals surface area contributed by atoms with Crippen molar-refractivity contribution in [3.63, 3.8) is 0 Å². The molecule has 0 nitrogen and oxygen atoms in total. The van der Waals surface area contributed by atoms with Crippen molar-refractivity contribution in [1.82, 2.24) is 0 Å². The molecule has 0 N–H and O–H groups in total. The lowest BCUT2D eigenvalue weighted by Crippen LogP contribution is -2.02. The minimum Gasteiger partial charge on any atom is -0.0654 e. The summed E-state index contributed by atoms with van der Waals surface area (Å²) in [5.41, 5.74) is 4.67. The Hall–Kier alpha value is -3.64. The molecular formula is C37H36. The second-order valence-corrected chi connectivity index (χ2v) is 10.6. The zero-order chi connectivity index (χ0) is 25.0. The van der Waals surface area contributed by atoms with Crippen molar-refractivity contribution in [1.29, 1.82) is 0 Å². The first-order valence-corrected chi connectivity index (χ1v) is 14.1. The van der Waals surface area contributed by atoms with E-state index in [0.717, 1.165) is 0 Å². The lowest BCUT2D eigenvalue weighted by Gasteiger charge is -2.18. The second-order valence-electron chi connectivity index (χ2n) is 10.6. The van der Waals surface area contributed by atoms with Gasteiger partial charge in [0.1, 0.15) is 0 Å². The Morgan fingerprint density at radius 3 is 2.11 bits per heavy atom. The first-order valence-electron chi connectivity index (χ1n) is 14.1. The smallest absolute Gasteiger partial charge is 0.0102 e. The number of hydrogen-bond donors (Lipinski definition) is 0. The van der Waals surface area contributed by atoms with Crippen LogP contribution in [0.2, 0.25) is 0 Å². The SMILES string of the molecule is CCCCCc1cccc2cc3ccccc3cc12.c1ccc2c(c1)ccc1c3c(ccc12)CCCC3. The van der Waals surface area contributed by atoms with E-state index in [1.807, 2.05) is 0 Å². The average Bonchev–Trinajstić information content (AvgIpc) is 2.96. The molecule has 0 radical (unpaired) electrons. The molecule has 0 spiro atoms. The van der Waals surface area contributed by atoms with Gasteiger partial charge in [-0.15, -0.1) is 0 Å². The van der Waals surface area contributed by atoms with Crippen LogP contribution in [-0.4, -0.2) is 0 Å². The van der Waals surface area contributed by atoms with Crippen molar-refractivity contribution in [2.75, 3.05) is 0 Å². The van der Waals surface area contributed by atoms with Gasteiger partial charge in [-0.3, -0.25) is 0 Å². The summed E-state index contributed by atoms with van der Waals surface area (Å²) in [6.45, 7) is 2.26. The van der Waals surface area contributed by atoms with Crippen LogP contribution in [0.15, 0.2) is 103 Å². The topological polar surface area (TPSA) is 0 Å². The van der Waals surface area contributed by atoms with Gasteiger partial charge in [-0.2, -0.15) is 0 Å². The molecule has 0 aromatic heterocycles. The molecule has 37 heavy (non-hydrogen) atoms. The number of aryl methyl sites for hydroxylation is 3. The largest absolute Gasteiger partial charge is 0.0654 e. The molecule has 1 aliphatic carbocycles. The first kappa shape index (κ1) is 23.7. The van der Waals surface area contributed by atoms with Crippen LogP contribution in [0.25, 0.3) is 43.1 Å². The predicted octanol–water partition coefficient (Wildman–Crippen LogP) is 10.6. The van der Waals surface area contributed by atoms with Crippen molar-refractivity contribution in [3.05, 3.63) is 120 Å². The fraction of sp³-hybridized carbons (Fsp3) is 0.243. The van der Waals surface area contributed by atoms with Crippen molar-refractivity contribution in [2.24, 2.45) is 0 Å². The summed E-state index contributed by atoms with van der Waals surface area (Å²) in [5, 5.41) is 11.1. The molecule has 0 unspecified atom stereocenters. The second kappa shape index (κ2) is 10.8. The highest BCUT2D eigenvalue weighted by molar-refractivity contribution is 6.08. The summed E-state index contributed by atoms with van der Waals surface area (Å²) in [5.74, 6) is 0. The molecule has 6 aromatic carbocycles. The Balaban J connectivity index is 0.000000136. The highest BCUT2D eigenvalue weighted by atomic mass is 14.2. The van der Waals surface area contributed by atoms with Gasteiger partial charge in [-0.05, 0) is 110 Å². The summed E-state index contributed by atoms with van der Waals surface area (Å²) in [6, 6.07) is 38.0. The predicted molar refractivity (Wildman–Crippen MR) is 163 cm³/mol. The Labute approximate surface area is 220 Å². The van der Waals surface area contributed by atoms with Crippen molar-refractivity contribution < 1.29 is 0 Å². The molecule has 0 aliphatic heterocycles. The zero-order valence-electron chi connectivity index (χ0n) is 22.0. The van der Waals surface area contributed by atoms with Gasteiger partial charge in [0, 0.05) is 0 Å². The molecule has 0 heteroatoms. The monoisotopic (exact) mass is 480 g/mol. The van der Waals surface area contributed by atoms with E-state index in [9.17, 15) is 0 Å². The third-order valence-corrected chi connectivity index (χ3v) is 8.14. The average molecular weight is 481 g/mol. The van der Waals surface area contributed by atoms with Crippen molar-refractivity contribution >= 4 is 43.1 Å². The highest BCUT2D eigenvalue weighted by Gasteiger charge is 2.13. The van der Waals surface area contributed by atoms with Gasteiger partial charge in [0.05, 0.1) is 0 Å². The molecule has 7 rings (SSSR count). The van der Waals surface area contributed by atoms with Crippen LogP contribution in [0, 0.1) is 0 Å². The summed E-state index contributed by atoms with van der Waals surface area (Å²) < 4.78 is 0. The third kappa shape index (κ3) is 4.86. The zero-order valence-corrected chi connectivity index (χ0v) is 22.0. The van der Waals surface area contributed by atoms with Crippen LogP contribution in [0.4, 0.5) is 0 Å². The lowest BCUT2D eigenvalue weighted by molar-refractivity contribution is 0.690. The van der Waals surface area contributed by atoms with E-state index in [1.54, 1.807) is 11.1 Å². The summed E-state index contributed by atoms with van der Waals surface area (Å²) in [7, 11) is 0. The maximum atomic E-state index is 2.35. The van der Waals surface area contributed by atoms with E-state index < -0.39 is 0 Å². The Kier molecular flexibility index (Phi) is 6.91. The molecule has 0 saturated heterocycles. The van der Waals surface area contributed by atoms with Gasteiger partial charge in [0.15, 0.2) is 0 Å².